The van der Waals surface area contributed by atoms with Crippen molar-refractivity contribution in [2.45, 2.75) is 32.7 Å². The zero-order valence-electron chi connectivity index (χ0n) is 12.4. The standard InChI is InChI=1S/C17H25N3/c1-2-9-20(14-17-7-4-8-19-12-17)13-16-6-3-5-15(10-16)11-18/h3,5-6,10,17,19H,2,4,7-9,12-14H2,1H3. The number of piperidine rings is 1. The van der Waals surface area contributed by atoms with Crippen molar-refractivity contribution in [1.82, 2.24) is 10.2 Å². The van der Waals surface area contributed by atoms with Crippen LogP contribution in [0.4, 0.5) is 0 Å². The van der Waals surface area contributed by atoms with E-state index in [9.17, 15) is 0 Å². The van der Waals surface area contributed by atoms with Crippen molar-refractivity contribution >= 4 is 0 Å². The maximum absolute atomic E-state index is 8.99. The van der Waals surface area contributed by atoms with Gasteiger partial charge in [0.25, 0.3) is 0 Å². The van der Waals surface area contributed by atoms with Gasteiger partial charge in [-0.3, -0.25) is 4.90 Å². The summed E-state index contributed by atoms with van der Waals surface area (Å²) >= 11 is 0. The first-order chi connectivity index (χ1) is 9.81. The third kappa shape index (κ3) is 4.63. The summed E-state index contributed by atoms with van der Waals surface area (Å²) in [6.07, 6.45) is 3.82. The number of nitrogens with one attached hydrogen (secondary N) is 1. The fraction of sp³-hybridized carbons (Fsp3) is 0.588. The van der Waals surface area contributed by atoms with Crippen LogP contribution in [-0.2, 0) is 6.54 Å². The molecule has 1 fully saturated rings. The van der Waals surface area contributed by atoms with E-state index in [0.717, 1.165) is 37.7 Å². The van der Waals surface area contributed by atoms with E-state index in [1.54, 1.807) is 0 Å². The monoisotopic (exact) mass is 271 g/mol. The van der Waals surface area contributed by atoms with Gasteiger partial charge in [0.1, 0.15) is 0 Å². The highest BCUT2D eigenvalue weighted by Gasteiger charge is 2.16. The van der Waals surface area contributed by atoms with Gasteiger partial charge in [0.15, 0.2) is 0 Å². The summed E-state index contributed by atoms with van der Waals surface area (Å²) in [5, 5.41) is 12.5. The fourth-order valence-electron chi connectivity index (χ4n) is 2.99. The quantitative estimate of drug-likeness (QED) is 0.864. The highest BCUT2D eigenvalue weighted by atomic mass is 15.1. The molecule has 1 atom stereocenters. The Morgan fingerprint density at radius 2 is 2.35 bits per heavy atom. The van der Waals surface area contributed by atoms with E-state index in [0.29, 0.717) is 0 Å². The molecular weight excluding hydrogens is 246 g/mol. The highest BCUT2D eigenvalue weighted by molar-refractivity contribution is 5.32. The van der Waals surface area contributed by atoms with Crippen LogP contribution >= 0.6 is 0 Å². The Kier molecular flexibility index (Phi) is 6.04. The lowest BCUT2D eigenvalue weighted by atomic mass is 9.98. The number of rotatable bonds is 6. The molecule has 1 saturated heterocycles. The van der Waals surface area contributed by atoms with Crippen LogP contribution in [0.1, 0.15) is 37.3 Å². The van der Waals surface area contributed by atoms with E-state index in [1.807, 2.05) is 18.2 Å². The molecule has 3 heteroatoms. The van der Waals surface area contributed by atoms with Crippen LogP contribution in [0, 0.1) is 17.2 Å². The van der Waals surface area contributed by atoms with Gasteiger partial charge in [0.05, 0.1) is 11.6 Å². The lowest BCUT2D eigenvalue weighted by Crippen LogP contribution is -2.38. The first-order valence-electron chi connectivity index (χ1n) is 7.74. The lowest BCUT2D eigenvalue weighted by molar-refractivity contribution is 0.201. The molecule has 1 N–H and O–H groups in total. The third-order valence-corrected chi connectivity index (χ3v) is 3.92. The van der Waals surface area contributed by atoms with Crippen molar-refractivity contribution in [1.29, 1.82) is 5.26 Å². The molecule has 0 bridgehead atoms. The van der Waals surface area contributed by atoms with E-state index < -0.39 is 0 Å². The largest absolute Gasteiger partial charge is 0.316 e. The van der Waals surface area contributed by atoms with Crippen LogP contribution < -0.4 is 5.32 Å². The molecule has 0 amide bonds. The maximum Gasteiger partial charge on any atom is 0.0991 e. The number of nitrogens with zero attached hydrogens (tertiary/aromatic N) is 2. The van der Waals surface area contributed by atoms with Crippen LogP contribution in [0.15, 0.2) is 24.3 Å². The highest BCUT2D eigenvalue weighted by Crippen LogP contribution is 2.15. The second-order valence-electron chi connectivity index (χ2n) is 5.76. The molecule has 0 radical (unpaired) electrons. The van der Waals surface area contributed by atoms with E-state index >= 15 is 0 Å². The zero-order chi connectivity index (χ0) is 14.2. The molecule has 1 aliphatic rings. The molecule has 0 saturated carbocycles. The number of benzene rings is 1. The van der Waals surface area contributed by atoms with Crippen LogP contribution in [0.3, 0.4) is 0 Å². The summed E-state index contributed by atoms with van der Waals surface area (Å²) in [6.45, 7) is 7.82. The van der Waals surface area contributed by atoms with Crippen LogP contribution in [0.5, 0.6) is 0 Å². The minimum absolute atomic E-state index is 0.762. The van der Waals surface area contributed by atoms with Gasteiger partial charge >= 0.3 is 0 Å². The fourth-order valence-corrected chi connectivity index (χ4v) is 2.99. The van der Waals surface area contributed by atoms with Crippen molar-refractivity contribution < 1.29 is 0 Å². The van der Waals surface area contributed by atoms with E-state index in [4.69, 9.17) is 5.26 Å². The molecule has 0 aliphatic carbocycles. The van der Waals surface area contributed by atoms with Gasteiger partial charge in [0.2, 0.25) is 0 Å². The normalized spacial score (nSPS) is 18.9. The predicted molar refractivity (Wildman–Crippen MR) is 82.3 cm³/mol. The maximum atomic E-state index is 8.99. The average molecular weight is 271 g/mol. The summed E-state index contributed by atoms with van der Waals surface area (Å²) in [5.74, 6) is 0.773. The molecule has 1 unspecified atom stereocenters. The Bertz CT molecular complexity index is 444. The summed E-state index contributed by atoms with van der Waals surface area (Å²) in [7, 11) is 0. The Labute approximate surface area is 122 Å². The van der Waals surface area contributed by atoms with Crippen molar-refractivity contribution in [3.63, 3.8) is 0 Å². The van der Waals surface area contributed by atoms with Crippen molar-refractivity contribution in [3.8, 4) is 6.07 Å². The van der Waals surface area contributed by atoms with E-state index in [1.165, 1.54) is 31.4 Å². The molecule has 0 aromatic heterocycles. The molecular formula is C17H25N3. The lowest BCUT2D eigenvalue weighted by Gasteiger charge is -2.30. The summed E-state index contributed by atoms with van der Waals surface area (Å²) in [4.78, 5) is 2.54. The molecule has 108 valence electrons. The second-order valence-corrected chi connectivity index (χ2v) is 5.76. The van der Waals surface area contributed by atoms with Gasteiger partial charge in [-0.25, -0.2) is 0 Å². The van der Waals surface area contributed by atoms with Crippen molar-refractivity contribution in [2.75, 3.05) is 26.2 Å². The molecule has 0 spiro atoms. The SMILES string of the molecule is CCCN(Cc1cccc(C#N)c1)CC1CCCNC1. The van der Waals surface area contributed by atoms with Crippen LogP contribution in [0.2, 0.25) is 0 Å². The third-order valence-electron chi connectivity index (χ3n) is 3.92. The van der Waals surface area contributed by atoms with Gasteiger partial charge in [-0.1, -0.05) is 19.1 Å². The summed E-state index contributed by atoms with van der Waals surface area (Å²) in [6, 6.07) is 10.2. The first-order valence-corrected chi connectivity index (χ1v) is 7.74. The Morgan fingerprint density at radius 1 is 1.45 bits per heavy atom. The molecule has 3 nitrogen and oxygen atoms in total. The number of nitriles is 1. The molecule has 1 aliphatic heterocycles. The molecule has 2 rings (SSSR count). The molecule has 1 aromatic carbocycles. The van der Waals surface area contributed by atoms with E-state index in [-0.39, 0.29) is 0 Å². The summed E-state index contributed by atoms with van der Waals surface area (Å²) in [5.41, 5.74) is 2.01. The predicted octanol–water partition coefficient (Wildman–Crippen LogP) is 2.77. The Morgan fingerprint density at radius 3 is 3.05 bits per heavy atom. The van der Waals surface area contributed by atoms with Crippen LogP contribution in [-0.4, -0.2) is 31.1 Å². The number of hydrogen-bond acceptors (Lipinski definition) is 3. The van der Waals surface area contributed by atoms with Gasteiger partial charge < -0.3 is 5.32 Å². The van der Waals surface area contributed by atoms with E-state index in [2.05, 4.69) is 29.3 Å². The smallest absolute Gasteiger partial charge is 0.0991 e. The number of hydrogen-bond donors (Lipinski definition) is 1. The molecule has 1 heterocycles. The van der Waals surface area contributed by atoms with Gasteiger partial charge in [-0.2, -0.15) is 5.26 Å². The summed E-state index contributed by atoms with van der Waals surface area (Å²) < 4.78 is 0. The van der Waals surface area contributed by atoms with Crippen LogP contribution in [0.25, 0.3) is 0 Å². The minimum Gasteiger partial charge on any atom is -0.316 e. The Hall–Kier alpha value is -1.37. The molecule has 1 aromatic rings. The molecule has 20 heavy (non-hydrogen) atoms. The van der Waals surface area contributed by atoms with Crippen molar-refractivity contribution in [3.05, 3.63) is 35.4 Å². The zero-order valence-corrected chi connectivity index (χ0v) is 12.4. The first kappa shape index (κ1) is 15.0. The Balaban J connectivity index is 1.95. The van der Waals surface area contributed by atoms with Gasteiger partial charge in [-0.05, 0) is 62.5 Å². The second kappa shape index (κ2) is 8.04. The van der Waals surface area contributed by atoms with Gasteiger partial charge in [0, 0.05) is 13.1 Å². The topological polar surface area (TPSA) is 39.1 Å². The average Bonchev–Trinajstić information content (AvgIpc) is 2.49. The van der Waals surface area contributed by atoms with Gasteiger partial charge in [-0.15, -0.1) is 0 Å². The minimum atomic E-state index is 0.762. The van der Waals surface area contributed by atoms with Crippen molar-refractivity contribution in [2.24, 2.45) is 5.92 Å².